The lowest BCUT2D eigenvalue weighted by molar-refractivity contribution is 0.181. The minimum Gasteiger partial charge on any atom is -0.385 e. The molecule has 0 radical (unpaired) electrons. The number of H-pyrrole nitrogens is 1. The number of hydrogen-bond acceptors (Lipinski definition) is 2. The maximum Gasteiger partial charge on any atom is 0.178 e. The molecule has 0 bridgehead atoms. The molecule has 0 aliphatic carbocycles. The number of methoxy groups -OCH3 is 1. The standard InChI is InChI=1S/C12H16N2OS/c1-9(7-8-15-2)14-11-6-4-3-5-10(11)13-12(14)16/h3-6,9H,7-8H2,1-2H3,(H,13,16). The van der Waals surface area contributed by atoms with Gasteiger partial charge in [-0.1, -0.05) is 12.1 Å². The van der Waals surface area contributed by atoms with Gasteiger partial charge in [-0.2, -0.15) is 0 Å². The lowest BCUT2D eigenvalue weighted by atomic mass is 10.2. The molecule has 0 amide bonds. The first-order valence-corrected chi connectivity index (χ1v) is 5.83. The Hall–Kier alpha value is -1.13. The second kappa shape index (κ2) is 4.80. The zero-order chi connectivity index (χ0) is 11.5. The molecule has 1 heterocycles. The highest BCUT2D eigenvalue weighted by atomic mass is 32.1. The average Bonchev–Trinajstić information content (AvgIpc) is 2.62. The maximum absolute atomic E-state index is 5.35. The molecule has 0 aliphatic heterocycles. The van der Waals surface area contributed by atoms with Crippen LogP contribution in [0, 0.1) is 4.77 Å². The molecular formula is C12H16N2OS. The number of rotatable bonds is 4. The Morgan fingerprint density at radius 2 is 2.19 bits per heavy atom. The molecule has 1 atom stereocenters. The van der Waals surface area contributed by atoms with E-state index in [1.807, 2.05) is 18.2 Å². The number of nitrogens with one attached hydrogen (secondary N) is 1. The Morgan fingerprint density at radius 3 is 2.94 bits per heavy atom. The number of aromatic nitrogens is 2. The average molecular weight is 236 g/mol. The normalized spacial score (nSPS) is 13.1. The van der Waals surface area contributed by atoms with Crippen LogP contribution in [-0.4, -0.2) is 23.3 Å². The summed E-state index contributed by atoms with van der Waals surface area (Å²) in [5.41, 5.74) is 2.26. The van der Waals surface area contributed by atoms with Gasteiger partial charge in [0.2, 0.25) is 0 Å². The van der Waals surface area contributed by atoms with E-state index in [-0.39, 0.29) is 0 Å². The third kappa shape index (κ3) is 2.03. The number of aromatic amines is 1. The first-order valence-electron chi connectivity index (χ1n) is 5.42. The number of para-hydroxylation sites is 2. The van der Waals surface area contributed by atoms with E-state index in [9.17, 15) is 0 Å². The number of nitrogens with zero attached hydrogens (tertiary/aromatic N) is 1. The largest absolute Gasteiger partial charge is 0.385 e. The minimum absolute atomic E-state index is 0.351. The molecule has 0 aliphatic rings. The highest BCUT2D eigenvalue weighted by molar-refractivity contribution is 7.71. The van der Waals surface area contributed by atoms with E-state index in [1.165, 1.54) is 0 Å². The van der Waals surface area contributed by atoms with Crippen LogP contribution in [0.5, 0.6) is 0 Å². The van der Waals surface area contributed by atoms with Crippen LogP contribution >= 0.6 is 12.2 Å². The Labute approximate surface area is 100 Å². The van der Waals surface area contributed by atoms with Gasteiger partial charge in [0.1, 0.15) is 0 Å². The summed E-state index contributed by atoms with van der Waals surface area (Å²) in [4.78, 5) is 3.22. The monoisotopic (exact) mass is 236 g/mol. The summed E-state index contributed by atoms with van der Waals surface area (Å²) < 4.78 is 8.04. The van der Waals surface area contributed by atoms with Crippen LogP contribution in [-0.2, 0) is 4.74 Å². The van der Waals surface area contributed by atoms with Crippen molar-refractivity contribution >= 4 is 23.3 Å². The zero-order valence-electron chi connectivity index (χ0n) is 9.56. The fourth-order valence-electron chi connectivity index (χ4n) is 1.93. The molecule has 0 saturated heterocycles. The van der Waals surface area contributed by atoms with Gasteiger partial charge >= 0.3 is 0 Å². The molecule has 3 nitrogen and oxygen atoms in total. The molecule has 1 N–H and O–H groups in total. The molecule has 0 spiro atoms. The number of ether oxygens (including phenoxy) is 1. The second-order valence-electron chi connectivity index (χ2n) is 3.95. The number of imidazole rings is 1. The van der Waals surface area contributed by atoms with Gasteiger partial charge in [-0.05, 0) is 37.7 Å². The third-order valence-corrected chi connectivity index (χ3v) is 3.10. The van der Waals surface area contributed by atoms with Gasteiger partial charge in [-0.3, -0.25) is 0 Å². The smallest absolute Gasteiger partial charge is 0.178 e. The van der Waals surface area contributed by atoms with Crippen LogP contribution in [0.4, 0.5) is 0 Å². The lowest BCUT2D eigenvalue weighted by Crippen LogP contribution is -2.07. The third-order valence-electron chi connectivity index (χ3n) is 2.80. The quantitative estimate of drug-likeness (QED) is 0.825. The summed E-state index contributed by atoms with van der Waals surface area (Å²) >= 11 is 5.35. The van der Waals surface area contributed by atoms with E-state index in [4.69, 9.17) is 17.0 Å². The van der Waals surface area contributed by atoms with Crippen molar-refractivity contribution in [1.29, 1.82) is 0 Å². The minimum atomic E-state index is 0.351. The second-order valence-corrected chi connectivity index (χ2v) is 4.33. The van der Waals surface area contributed by atoms with E-state index < -0.39 is 0 Å². The van der Waals surface area contributed by atoms with Crippen LogP contribution in [0.1, 0.15) is 19.4 Å². The van der Waals surface area contributed by atoms with E-state index in [0.717, 1.165) is 28.8 Å². The first-order chi connectivity index (χ1) is 7.74. The summed E-state index contributed by atoms with van der Waals surface area (Å²) in [7, 11) is 1.72. The van der Waals surface area contributed by atoms with Crippen molar-refractivity contribution in [2.45, 2.75) is 19.4 Å². The van der Waals surface area contributed by atoms with Crippen molar-refractivity contribution in [3.8, 4) is 0 Å². The molecule has 86 valence electrons. The highest BCUT2D eigenvalue weighted by Gasteiger charge is 2.10. The van der Waals surface area contributed by atoms with Crippen LogP contribution in [0.15, 0.2) is 24.3 Å². The van der Waals surface area contributed by atoms with Gasteiger partial charge in [0.25, 0.3) is 0 Å². The fraction of sp³-hybridized carbons (Fsp3) is 0.417. The van der Waals surface area contributed by atoms with Gasteiger partial charge in [0, 0.05) is 19.8 Å². The van der Waals surface area contributed by atoms with Crippen LogP contribution in [0.25, 0.3) is 11.0 Å². The summed E-state index contributed by atoms with van der Waals surface area (Å²) in [6.07, 6.45) is 0.965. The Morgan fingerprint density at radius 1 is 1.44 bits per heavy atom. The van der Waals surface area contributed by atoms with Crippen molar-refractivity contribution in [2.24, 2.45) is 0 Å². The van der Waals surface area contributed by atoms with Crippen LogP contribution in [0.2, 0.25) is 0 Å². The predicted molar refractivity (Wildman–Crippen MR) is 68.3 cm³/mol. The van der Waals surface area contributed by atoms with E-state index >= 15 is 0 Å². The summed E-state index contributed by atoms with van der Waals surface area (Å²) in [6.45, 7) is 2.91. The molecule has 1 unspecified atom stereocenters. The van der Waals surface area contributed by atoms with Gasteiger partial charge in [0.05, 0.1) is 11.0 Å². The molecule has 0 saturated carbocycles. The molecule has 2 rings (SSSR count). The van der Waals surface area contributed by atoms with E-state index in [0.29, 0.717) is 6.04 Å². The molecule has 2 aromatic rings. The predicted octanol–water partition coefficient (Wildman–Crippen LogP) is 3.30. The topological polar surface area (TPSA) is 29.9 Å². The SMILES string of the molecule is COCCC(C)n1c(=S)[nH]c2ccccc21. The Balaban J connectivity index is 2.43. The van der Waals surface area contributed by atoms with Crippen molar-refractivity contribution in [3.63, 3.8) is 0 Å². The van der Waals surface area contributed by atoms with Gasteiger partial charge in [-0.15, -0.1) is 0 Å². The van der Waals surface area contributed by atoms with Crippen LogP contribution < -0.4 is 0 Å². The fourth-order valence-corrected chi connectivity index (χ4v) is 2.32. The van der Waals surface area contributed by atoms with Crippen molar-refractivity contribution in [1.82, 2.24) is 9.55 Å². The molecule has 0 fully saturated rings. The number of benzene rings is 1. The first kappa shape index (κ1) is 11.4. The molecule has 1 aromatic heterocycles. The van der Waals surface area contributed by atoms with Gasteiger partial charge in [0.15, 0.2) is 4.77 Å². The highest BCUT2D eigenvalue weighted by Crippen LogP contribution is 2.20. The van der Waals surface area contributed by atoms with Crippen molar-refractivity contribution < 1.29 is 4.74 Å². The number of fused-ring (bicyclic) bond motifs is 1. The molecule has 16 heavy (non-hydrogen) atoms. The van der Waals surface area contributed by atoms with Crippen molar-refractivity contribution in [2.75, 3.05) is 13.7 Å². The zero-order valence-corrected chi connectivity index (χ0v) is 10.4. The molecule has 4 heteroatoms. The van der Waals surface area contributed by atoms with Gasteiger partial charge < -0.3 is 14.3 Å². The van der Waals surface area contributed by atoms with Gasteiger partial charge in [-0.25, -0.2) is 0 Å². The summed E-state index contributed by atoms with van der Waals surface area (Å²) in [5.74, 6) is 0. The van der Waals surface area contributed by atoms with Crippen LogP contribution in [0.3, 0.4) is 0 Å². The van der Waals surface area contributed by atoms with E-state index in [2.05, 4.69) is 22.5 Å². The number of hydrogen-bond donors (Lipinski definition) is 1. The molecular weight excluding hydrogens is 220 g/mol. The van der Waals surface area contributed by atoms with Crippen molar-refractivity contribution in [3.05, 3.63) is 29.0 Å². The maximum atomic E-state index is 5.35. The summed E-state index contributed by atoms with van der Waals surface area (Å²) in [6, 6.07) is 8.53. The Kier molecular flexibility index (Phi) is 3.41. The summed E-state index contributed by atoms with van der Waals surface area (Å²) in [5, 5.41) is 0. The lowest BCUT2D eigenvalue weighted by Gasteiger charge is -2.13. The van der Waals surface area contributed by atoms with E-state index in [1.54, 1.807) is 7.11 Å². The molecule has 1 aromatic carbocycles. The Bertz CT molecular complexity index is 529.